The van der Waals surface area contributed by atoms with Gasteiger partial charge in [0, 0.05) is 6.61 Å². The Bertz CT molecular complexity index is 263. The average molecular weight is 256 g/mol. The molecule has 0 N–H and O–H groups in total. The van der Waals surface area contributed by atoms with Crippen LogP contribution in [0.5, 0.6) is 0 Å². The predicted octanol–water partition coefficient (Wildman–Crippen LogP) is 2.99. The van der Waals surface area contributed by atoms with Crippen LogP contribution in [-0.4, -0.2) is 24.6 Å². The highest BCUT2D eigenvalue weighted by atomic mass is 16.6. The van der Waals surface area contributed by atoms with Crippen molar-refractivity contribution in [3.8, 4) is 0 Å². The third-order valence-electron chi connectivity index (χ3n) is 3.15. The van der Waals surface area contributed by atoms with Crippen molar-refractivity contribution in [2.75, 3.05) is 6.61 Å². The molecule has 1 heterocycles. The van der Waals surface area contributed by atoms with Gasteiger partial charge in [0.15, 0.2) is 6.10 Å². The topological polar surface area (TPSA) is 52.6 Å². The standard InChI is InChI=1S/C14H24O4/c1-2-3-4-5-6-7-8-9-10-17-12-11-13(15)18-14(12)16/h12H,2-11H2,1H3. The van der Waals surface area contributed by atoms with Crippen molar-refractivity contribution in [3.63, 3.8) is 0 Å². The first kappa shape index (κ1) is 15.2. The van der Waals surface area contributed by atoms with Crippen molar-refractivity contribution in [2.45, 2.75) is 70.8 Å². The Morgan fingerprint density at radius 2 is 1.67 bits per heavy atom. The molecule has 0 radical (unpaired) electrons. The first-order valence-electron chi connectivity index (χ1n) is 7.10. The molecule has 0 bridgehead atoms. The van der Waals surface area contributed by atoms with Gasteiger partial charge < -0.3 is 9.47 Å². The van der Waals surface area contributed by atoms with E-state index in [1.165, 1.54) is 38.5 Å². The number of rotatable bonds is 10. The fourth-order valence-electron chi connectivity index (χ4n) is 2.04. The zero-order chi connectivity index (χ0) is 13.2. The van der Waals surface area contributed by atoms with Crippen LogP contribution in [0.15, 0.2) is 0 Å². The number of esters is 2. The highest BCUT2D eigenvalue weighted by molar-refractivity contribution is 5.96. The van der Waals surface area contributed by atoms with E-state index in [1.807, 2.05) is 0 Å². The van der Waals surface area contributed by atoms with Crippen LogP contribution in [0.4, 0.5) is 0 Å². The number of hydrogen-bond donors (Lipinski definition) is 0. The van der Waals surface area contributed by atoms with Gasteiger partial charge in [-0.05, 0) is 6.42 Å². The number of carbonyl (C=O) groups excluding carboxylic acids is 2. The normalized spacial score (nSPS) is 19.3. The van der Waals surface area contributed by atoms with Crippen LogP contribution in [0.3, 0.4) is 0 Å². The molecule has 4 heteroatoms. The van der Waals surface area contributed by atoms with Gasteiger partial charge in [-0.25, -0.2) is 4.79 Å². The molecule has 1 saturated heterocycles. The summed E-state index contributed by atoms with van der Waals surface area (Å²) in [4.78, 5) is 21.9. The number of cyclic esters (lactones) is 2. The lowest BCUT2D eigenvalue weighted by molar-refractivity contribution is -0.155. The molecular weight excluding hydrogens is 232 g/mol. The van der Waals surface area contributed by atoms with Crippen LogP contribution >= 0.6 is 0 Å². The molecular formula is C14H24O4. The fraction of sp³-hybridized carbons (Fsp3) is 0.857. The molecule has 1 atom stereocenters. The lowest BCUT2D eigenvalue weighted by Crippen LogP contribution is -2.18. The third-order valence-corrected chi connectivity index (χ3v) is 3.15. The Labute approximate surface area is 109 Å². The molecule has 0 aromatic heterocycles. The van der Waals surface area contributed by atoms with E-state index in [1.54, 1.807) is 0 Å². The largest absolute Gasteiger partial charge is 0.391 e. The predicted molar refractivity (Wildman–Crippen MR) is 68.1 cm³/mol. The van der Waals surface area contributed by atoms with E-state index in [-0.39, 0.29) is 6.42 Å². The van der Waals surface area contributed by atoms with E-state index in [4.69, 9.17) is 4.74 Å². The molecule has 1 aliphatic heterocycles. The highest BCUT2D eigenvalue weighted by Crippen LogP contribution is 2.13. The van der Waals surface area contributed by atoms with Gasteiger partial charge in [0.25, 0.3) is 0 Å². The molecule has 0 aromatic rings. The van der Waals surface area contributed by atoms with Crippen molar-refractivity contribution in [1.29, 1.82) is 0 Å². The van der Waals surface area contributed by atoms with E-state index in [0.717, 1.165) is 12.8 Å². The first-order valence-corrected chi connectivity index (χ1v) is 7.10. The van der Waals surface area contributed by atoms with Crippen LogP contribution in [0.25, 0.3) is 0 Å². The Balaban J connectivity index is 1.87. The van der Waals surface area contributed by atoms with Crippen LogP contribution in [0.1, 0.15) is 64.7 Å². The molecule has 18 heavy (non-hydrogen) atoms. The van der Waals surface area contributed by atoms with Gasteiger partial charge in [-0.2, -0.15) is 0 Å². The fourth-order valence-corrected chi connectivity index (χ4v) is 2.04. The lowest BCUT2D eigenvalue weighted by Gasteiger charge is -2.06. The first-order chi connectivity index (χ1) is 8.74. The van der Waals surface area contributed by atoms with Crippen molar-refractivity contribution < 1.29 is 19.1 Å². The quantitative estimate of drug-likeness (QED) is 0.342. The maximum absolute atomic E-state index is 11.1. The molecule has 1 rings (SSSR count). The molecule has 1 aliphatic rings. The maximum atomic E-state index is 11.1. The van der Waals surface area contributed by atoms with Crippen LogP contribution in [0, 0.1) is 0 Å². The molecule has 104 valence electrons. The summed E-state index contributed by atoms with van der Waals surface area (Å²) in [6.45, 7) is 2.76. The van der Waals surface area contributed by atoms with Gasteiger partial charge in [0.1, 0.15) is 0 Å². The van der Waals surface area contributed by atoms with Gasteiger partial charge in [0.2, 0.25) is 0 Å². The number of carbonyl (C=O) groups is 2. The van der Waals surface area contributed by atoms with Gasteiger partial charge in [-0.3, -0.25) is 4.79 Å². The molecule has 0 saturated carbocycles. The number of hydrogen-bond acceptors (Lipinski definition) is 4. The zero-order valence-corrected chi connectivity index (χ0v) is 11.3. The molecule has 4 nitrogen and oxygen atoms in total. The Morgan fingerprint density at radius 1 is 1.06 bits per heavy atom. The van der Waals surface area contributed by atoms with Gasteiger partial charge in [-0.1, -0.05) is 51.9 Å². The van der Waals surface area contributed by atoms with Crippen molar-refractivity contribution in [2.24, 2.45) is 0 Å². The second-order valence-corrected chi connectivity index (χ2v) is 4.83. The van der Waals surface area contributed by atoms with Crippen LogP contribution in [-0.2, 0) is 19.1 Å². The summed E-state index contributed by atoms with van der Waals surface area (Å²) in [5, 5.41) is 0. The summed E-state index contributed by atoms with van der Waals surface area (Å²) in [5.41, 5.74) is 0. The minimum Gasteiger partial charge on any atom is -0.391 e. The highest BCUT2D eigenvalue weighted by Gasteiger charge is 2.33. The van der Waals surface area contributed by atoms with Gasteiger partial charge in [-0.15, -0.1) is 0 Å². The smallest absolute Gasteiger partial charge is 0.343 e. The molecule has 0 aromatic carbocycles. The maximum Gasteiger partial charge on any atom is 0.343 e. The minimum atomic E-state index is -0.651. The number of ether oxygens (including phenoxy) is 2. The molecule has 1 unspecified atom stereocenters. The van der Waals surface area contributed by atoms with E-state index in [2.05, 4.69) is 11.7 Å². The van der Waals surface area contributed by atoms with Crippen molar-refractivity contribution in [1.82, 2.24) is 0 Å². The van der Waals surface area contributed by atoms with E-state index in [9.17, 15) is 9.59 Å². The molecule has 1 fully saturated rings. The van der Waals surface area contributed by atoms with E-state index >= 15 is 0 Å². The average Bonchev–Trinajstić information content (AvgIpc) is 2.66. The SMILES string of the molecule is CCCCCCCCCCOC1CC(=O)OC1=O. The summed E-state index contributed by atoms with van der Waals surface area (Å²) in [7, 11) is 0. The summed E-state index contributed by atoms with van der Waals surface area (Å²) in [6.07, 6.45) is 9.28. The summed E-state index contributed by atoms with van der Waals surface area (Å²) < 4.78 is 9.74. The molecule has 0 amide bonds. The number of unbranched alkanes of at least 4 members (excludes halogenated alkanes) is 7. The summed E-state index contributed by atoms with van der Waals surface area (Å²) in [5.74, 6) is -1.000. The second kappa shape index (κ2) is 9.09. The van der Waals surface area contributed by atoms with Crippen molar-refractivity contribution in [3.05, 3.63) is 0 Å². The second-order valence-electron chi connectivity index (χ2n) is 4.83. The Kier molecular flexibility index (Phi) is 7.65. The molecule has 0 spiro atoms. The summed E-state index contributed by atoms with van der Waals surface area (Å²) in [6, 6.07) is 0. The van der Waals surface area contributed by atoms with Crippen LogP contribution in [0.2, 0.25) is 0 Å². The van der Waals surface area contributed by atoms with E-state index in [0.29, 0.717) is 6.61 Å². The molecule has 0 aliphatic carbocycles. The Hall–Kier alpha value is -0.900. The van der Waals surface area contributed by atoms with Crippen LogP contribution < -0.4 is 0 Å². The third kappa shape index (κ3) is 6.15. The Morgan fingerprint density at radius 3 is 2.22 bits per heavy atom. The summed E-state index contributed by atoms with van der Waals surface area (Å²) >= 11 is 0. The monoisotopic (exact) mass is 256 g/mol. The van der Waals surface area contributed by atoms with E-state index < -0.39 is 18.0 Å². The minimum absolute atomic E-state index is 0.0792. The van der Waals surface area contributed by atoms with Crippen molar-refractivity contribution >= 4 is 11.9 Å². The van der Waals surface area contributed by atoms with Gasteiger partial charge >= 0.3 is 11.9 Å². The van der Waals surface area contributed by atoms with Gasteiger partial charge in [0.05, 0.1) is 6.42 Å². The zero-order valence-electron chi connectivity index (χ0n) is 11.3. The lowest BCUT2D eigenvalue weighted by atomic mass is 10.1.